The van der Waals surface area contributed by atoms with E-state index in [0.717, 1.165) is 12.8 Å². The predicted molar refractivity (Wildman–Crippen MR) is 202 cm³/mol. The first-order valence-electron chi connectivity index (χ1n) is 17.5. The van der Waals surface area contributed by atoms with Gasteiger partial charge in [-0.15, -0.1) is 0 Å². The van der Waals surface area contributed by atoms with Crippen molar-refractivity contribution in [3.8, 4) is 0 Å². The fourth-order valence-corrected chi connectivity index (χ4v) is 9.70. The number of fused-ring (bicyclic) bond motifs is 1. The second-order valence-electron chi connectivity index (χ2n) is 19.5. The van der Waals surface area contributed by atoms with Crippen molar-refractivity contribution < 1.29 is 32.3 Å². The lowest BCUT2D eigenvalue weighted by atomic mass is 9.87. The summed E-state index contributed by atoms with van der Waals surface area (Å²) in [6, 6.07) is 0. The molecule has 7 nitrogen and oxygen atoms in total. The number of hydrogen-bond acceptors (Lipinski definition) is 7. The van der Waals surface area contributed by atoms with Crippen molar-refractivity contribution in [2.75, 3.05) is 7.11 Å². The molecule has 0 saturated carbocycles. The second kappa shape index (κ2) is 14.6. The van der Waals surface area contributed by atoms with Crippen LogP contribution in [-0.4, -0.2) is 88.8 Å². The van der Waals surface area contributed by atoms with E-state index in [-0.39, 0.29) is 64.1 Å². The summed E-state index contributed by atoms with van der Waals surface area (Å²) >= 11 is 0. The maximum Gasteiger partial charge on any atom is 0.308 e. The van der Waals surface area contributed by atoms with Crippen LogP contribution in [-0.2, 0) is 32.3 Å². The zero-order valence-corrected chi connectivity index (χ0v) is 37.2. The van der Waals surface area contributed by atoms with E-state index in [1.165, 1.54) is 7.11 Å². The molecule has 0 amide bonds. The molecule has 2 saturated heterocycles. The summed E-state index contributed by atoms with van der Waals surface area (Å²) in [7, 11) is -7.01. The highest BCUT2D eigenvalue weighted by atomic mass is 28.4. The van der Waals surface area contributed by atoms with E-state index in [2.05, 4.69) is 133 Å². The van der Waals surface area contributed by atoms with E-state index < -0.39 is 39.1 Å². The van der Waals surface area contributed by atoms with E-state index in [1.807, 2.05) is 0 Å². The van der Waals surface area contributed by atoms with Gasteiger partial charge in [-0.05, 0) is 67.2 Å². The molecule has 0 aromatic carbocycles. The Balaban J connectivity index is 2.82. The molecular weight excluding hydrogens is 645 g/mol. The standard InChI is InChI=1S/C35H72O7Si4/c1-33(2,3)44(14,15)40-27(22-23-43(11,12)13)30-32(42-46(18,19)35(7,8)9)31(41-45(16,17)34(4,5)6)29-26(39-30)21-20-25(38-29)24-28(36)37-10/h22-23,25-27,29-32H,20-21,24H2,1-19H3/b23-22+/t25?,26?,27?,29-,30-,31?,32?/m0/s1. The van der Waals surface area contributed by atoms with Crippen LogP contribution in [0.15, 0.2) is 11.8 Å². The summed E-state index contributed by atoms with van der Waals surface area (Å²) in [6.07, 6.45) is 1.77. The fraction of sp³-hybridized carbons (Fsp3) is 0.914. The van der Waals surface area contributed by atoms with Gasteiger partial charge in [-0.3, -0.25) is 4.79 Å². The summed E-state index contributed by atoms with van der Waals surface area (Å²) < 4.78 is 41.3. The van der Waals surface area contributed by atoms with Crippen LogP contribution in [0.25, 0.3) is 0 Å². The van der Waals surface area contributed by atoms with Gasteiger partial charge in [0.15, 0.2) is 25.0 Å². The third-order valence-electron chi connectivity index (χ3n) is 11.2. The van der Waals surface area contributed by atoms with E-state index in [4.69, 9.17) is 27.5 Å². The lowest BCUT2D eigenvalue weighted by Gasteiger charge is -2.56. The molecule has 2 aliphatic rings. The Morgan fingerprint density at radius 1 is 0.739 bits per heavy atom. The molecule has 0 N–H and O–H groups in total. The monoisotopic (exact) mass is 716 g/mol. The number of hydrogen-bond donors (Lipinski definition) is 0. The topological polar surface area (TPSA) is 72.5 Å². The third-order valence-corrected chi connectivity index (χ3v) is 25.8. The van der Waals surface area contributed by atoms with Gasteiger partial charge in [0.25, 0.3) is 0 Å². The molecule has 0 aromatic rings. The van der Waals surface area contributed by atoms with Crippen molar-refractivity contribution in [2.45, 2.75) is 198 Å². The molecule has 270 valence electrons. The van der Waals surface area contributed by atoms with E-state index >= 15 is 0 Å². The van der Waals surface area contributed by atoms with Crippen LogP contribution < -0.4 is 0 Å². The van der Waals surface area contributed by atoms with Gasteiger partial charge in [-0.25, -0.2) is 0 Å². The molecule has 7 atom stereocenters. The molecule has 2 fully saturated rings. The van der Waals surface area contributed by atoms with E-state index in [0.29, 0.717) is 0 Å². The van der Waals surface area contributed by atoms with Crippen molar-refractivity contribution in [3.05, 3.63) is 11.8 Å². The number of carbonyl (C=O) groups is 1. The highest BCUT2D eigenvalue weighted by Crippen LogP contribution is 2.47. The Morgan fingerprint density at radius 2 is 1.22 bits per heavy atom. The average molecular weight is 717 g/mol. The zero-order chi connectivity index (χ0) is 35.9. The fourth-order valence-electron chi connectivity index (χ4n) is 5.08. The Morgan fingerprint density at radius 3 is 1.65 bits per heavy atom. The minimum Gasteiger partial charge on any atom is -0.469 e. The first-order valence-corrected chi connectivity index (χ1v) is 29.8. The van der Waals surface area contributed by atoms with Crippen molar-refractivity contribution in [1.29, 1.82) is 0 Å². The number of rotatable bonds is 11. The minimum absolute atomic E-state index is 0.0211. The Hall–Kier alpha value is -0.122. The SMILES string of the molecule is COC(=O)CC1CCC2O[C@@H](C(/C=C/[Si](C)(C)C)O[Si](C)(C)C(C)(C)C)C(O[Si](C)(C)C(C)(C)C)C(O[Si](C)(C)C(C)(C)C)[C@H]2O1. The predicted octanol–water partition coefficient (Wildman–Crippen LogP) is 9.47. The summed E-state index contributed by atoms with van der Waals surface area (Å²) in [6.45, 7) is 41.5. The van der Waals surface area contributed by atoms with Gasteiger partial charge in [0.05, 0.1) is 39.9 Å². The highest BCUT2D eigenvalue weighted by molar-refractivity contribution is 6.81. The zero-order valence-electron chi connectivity index (χ0n) is 33.2. The minimum atomic E-state index is -2.34. The Labute approximate surface area is 287 Å². The number of methoxy groups -OCH3 is 1. The van der Waals surface area contributed by atoms with Gasteiger partial charge in [0, 0.05) is 0 Å². The van der Waals surface area contributed by atoms with Crippen LogP contribution in [0.5, 0.6) is 0 Å². The maximum atomic E-state index is 12.4. The number of ether oxygens (including phenoxy) is 3. The molecule has 5 unspecified atom stereocenters. The van der Waals surface area contributed by atoms with Gasteiger partial charge >= 0.3 is 5.97 Å². The Kier molecular flexibility index (Phi) is 13.4. The highest BCUT2D eigenvalue weighted by Gasteiger charge is 2.57. The summed E-state index contributed by atoms with van der Waals surface area (Å²) in [5.41, 5.74) is 2.40. The van der Waals surface area contributed by atoms with Gasteiger partial charge < -0.3 is 27.5 Å². The van der Waals surface area contributed by atoms with Gasteiger partial charge in [-0.1, -0.05) is 93.7 Å². The van der Waals surface area contributed by atoms with Crippen LogP contribution in [0.4, 0.5) is 0 Å². The van der Waals surface area contributed by atoms with Gasteiger partial charge in [0.2, 0.25) is 0 Å². The third kappa shape index (κ3) is 10.7. The normalized spacial score (nSPS) is 28.2. The lowest BCUT2D eigenvalue weighted by Crippen LogP contribution is -2.69. The van der Waals surface area contributed by atoms with Crippen molar-refractivity contribution in [1.82, 2.24) is 0 Å². The van der Waals surface area contributed by atoms with Crippen LogP contribution in [0.3, 0.4) is 0 Å². The molecule has 2 heterocycles. The van der Waals surface area contributed by atoms with Crippen LogP contribution in [0, 0.1) is 0 Å². The quantitative estimate of drug-likeness (QED) is 0.156. The summed E-state index contributed by atoms with van der Waals surface area (Å²) in [4.78, 5) is 12.4. The van der Waals surface area contributed by atoms with Gasteiger partial charge in [-0.2, -0.15) is 0 Å². The average Bonchev–Trinajstić information content (AvgIpc) is 2.85. The largest absolute Gasteiger partial charge is 0.469 e. The number of esters is 1. The molecule has 0 bridgehead atoms. The maximum absolute atomic E-state index is 12.4. The molecule has 46 heavy (non-hydrogen) atoms. The second-order valence-corrected chi connectivity index (χ2v) is 38.8. The van der Waals surface area contributed by atoms with Gasteiger partial charge in [0.1, 0.15) is 24.4 Å². The lowest BCUT2D eigenvalue weighted by molar-refractivity contribution is -0.266. The summed E-state index contributed by atoms with van der Waals surface area (Å²) in [5.74, 6) is -0.256. The van der Waals surface area contributed by atoms with Crippen LogP contribution in [0.2, 0.25) is 74.0 Å². The Bertz CT molecular complexity index is 1050. The van der Waals surface area contributed by atoms with Crippen molar-refractivity contribution in [2.24, 2.45) is 0 Å². The molecular formula is C35H72O7Si4. The first kappa shape index (κ1) is 42.0. The number of carbonyl (C=O) groups excluding carboxylic acids is 1. The molecule has 2 aliphatic heterocycles. The molecule has 0 radical (unpaired) electrons. The van der Waals surface area contributed by atoms with Crippen molar-refractivity contribution >= 4 is 39.0 Å². The smallest absolute Gasteiger partial charge is 0.308 e. The first-order chi connectivity index (χ1) is 20.4. The van der Waals surface area contributed by atoms with E-state index in [1.54, 1.807) is 0 Å². The molecule has 11 heteroatoms. The molecule has 2 rings (SSSR count). The van der Waals surface area contributed by atoms with Crippen LogP contribution in [0.1, 0.15) is 81.6 Å². The van der Waals surface area contributed by atoms with Crippen LogP contribution >= 0.6 is 0 Å². The van der Waals surface area contributed by atoms with E-state index in [9.17, 15) is 4.79 Å². The molecule has 0 spiro atoms. The van der Waals surface area contributed by atoms with Crippen molar-refractivity contribution in [3.63, 3.8) is 0 Å². The molecule has 0 aromatic heterocycles. The molecule has 0 aliphatic carbocycles. The summed E-state index contributed by atoms with van der Waals surface area (Å²) in [5, 5.41) is -0.0231.